The second-order valence-corrected chi connectivity index (χ2v) is 8.94. The highest BCUT2D eigenvalue weighted by Gasteiger charge is 2.29. The summed E-state index contributed by atoms with van der Waals surface area (Å²) in [6, 6.07) is 6.94. The van der Waals surface area contributed by atoms with Crippen LogP contribution in [-0.4, -0.2) is 55.0 Å². The van der Waals surface area contributed by atoms with Crippen molar-refractivity contribution in [2.24, 2.45) is 0 Å². The first kappa shape index (κ1) is 20.3. The molecule has 2 heterocycles. The highest BCUT2D eigenvalue weighted by atomic mass is 32.2. The molecular weight excluding hydrogens is 376 g/mol. The zero-order chi connectivity index (χ0) is 20.3. The first-order valence-corrected chi connectivity index (χ1v) is 10.7. The van der Waals surface area contributed by atoms with Gasteiger partial charge >= 0.3 is 0 Å². The van der Waals surface area contributed by atoms with Crippen molar-refractivity contribution < 1.29 is 13.2 Å². The second-order valence-electron chi connectivity index (χ2n) is 7.01. The topological polar surface area (TPSA) is 75.6 Å². The molecule has 0 aliphatic carbocycles. The van der Waals surface area contributed by atoms with Crippen molar-refractivity contribution in [3.63, 3.8) is 0 Å². The number of hydrogen-bond donors (Lipinski definition) is 0. The van der Waals surface area contributed by atoms with Crippen LogP contribution in [0, 0.1) is 6.92 Å². The zero-order valence-corrected chi connectivity index (χ0v) is 17.3. The maximum absolute atomic E-state index is 12.8. The van der Waals surface area contributed by atoms with E-state index in [1.807, 2.05) is 37.8 Å². The minimum Gasteiger partial charge on any atom is -0.474 e. The Hall–Kier alpha value is -2.45. The Morgan fingerprint density at radius 2 is 1.79 bits per heavy atom. The van der Waals surface area contributed by atoms with E-state index in [9.17, 15) is 8.42 Å². The summed E-state index contributed by atoms with van der Waals surface area (Å²) >= 11 is 0. The van der Waals surface area contributed by atoms with Gasteiger partial charge in [0.05, 0.1) is 16.6 Å². The molecular formula is C20H26N4O3S. The summed E-state index contributed by atoms with van der Waals surface area (Å²) in [4.78, 5) is 11.2. The number of sulfonamides is 1. The van der Waals surface area contributed by atoms with Gasteiger partial charge in [0.25, 0.3) is 0 Å². The van der Waals surface area contributed by atoms with Crippen molar-refractivity contribution in [1.29, 1.82) is 0 Å². The van der Waals surface area contributed by atoms with Crippen molar-refractivity contribution in [3.8, 4) is 5.88 Å². The van der Waals surface area contributed by atoms with Crippen molar-refractivity contribution >= 4 is 22.0 Å². The molecule has 8 heteroatoms. The highest BCUT2D eigenvalue weighted by Crippen LogP contribution is 2.23. The van der Waals surface area contributed by atoms with E-state index < -0.39 is 10.0 Å². The fourth-order valence-electron chi connectivity index (χ4n) is 2.96. The number of hydrogen-bond acceptors (Lipinski definition) is 6. The molecule has 1 aliphatic rings. The van der Waals surface area contributed by atoms with Gasteiger partial charge in [-0.05, 0) is 32.9 Å². The van der Waals surface area contributed by atoms with Crippen molar-refractivity contribution in [1.82, 2.24) is 14.3 Å². The minimum absolute atomic E-state index is 0.0158. The lowest BCUT2D eigenvalue weighted by molar-refractivity contribution is 0.231. The van der Waals surface area contributed by atoms with E-state index in [1.54, 1.807) is 24.4 Å². The largest absolute Gasteiger partial charge is 0.474 e. The molecule has 0 amide bonds. The molecule has 0 spiro atoms. The number of ether oxygens (including phenoxy) is 1. The van der Waals surface area contributed by atoms with Gasteiger partial charge in [0.15, 0.2) is 0 Å². The number of aryl methyl sites for hydroxylation is 1. The first-order chi connectivity index (χ1) is 13.3. The van der Waals surface area contributed by atoms with Gasteiger partial charge in [-0.3, -0.25) is 0 Å². The Bertz CT molecular complexity index is 934. The third kappa shape index (κ3) is 4.34. The standard InChI is InChI=1S/C20H26N4O3S/c1-5-17-14-21-20(22-19(17)27-15(2)3)23-10-12-24(13-11-23)28(25,26)18-8-6-16(4)7-9-18/h5-9,14-15H,1,10-13H2,2-4H3. The number of nitrogens with zero attached hydrogens (tertiary/aromatic N) is 4. The molecule has 150 valence electrons. The van der Waals surface area contributed by atoms with Gasteiger partial charge < -0.3 is 9.64 Å². The summed E-state index contributed by atoms with van der Waals surface area (Å²) in [5, 5.41) is 0. The smallest absolute Gasteiger partial charge is 0.243 e. The van der Waals surface area contributed by atoms with E-state index in [-0.39, 0.29) is 6.10 Å². The number of aromatic nitrogens is 2. The van der Waals surface area contributed by atoms with Crippen LogP contribution in [0.25, 0.3) is 6.08 Å². The quantitative estimate of drug-likeness (QED) is 0.740. The van der Waals surface area contributed by atoms with Crippen LogP contribution in [0.5, 0.6) is 5.88 Å². The maximum Gasteiger partial charge on any atom is 0.243 e. The van der Waals surface area contributed by atoms with Crippen LogP contribution in [0.3, 0.4) is 0 Å². The summed E-state index contributed by atoms with van der Waals surface area (Å²) in [5.74, 6) is 1.03. The third-order valence-corrected chi connectivity index (χ3v) is 6.43. The highest BCUT2D eigenvalue weighted by molar-refractivity contribution is 7.89. The Morgan fingerprint density at radius 3 is 2.36 bits per heavy atom. The molecule has 3 rings (SSSR count). The van der Waals surface area contributed by atoms with Crippen LogP contribution in [0.15, 0.2) is 41.9 Å². The Labute approximate surface area is 166 Å². The van der Waals surface area contributed by atoms with Gasteiger partial charge in [0, 0.05) is 32.4 Å². The number of benzene rings is 1. The zero-order valence-electron chi connectivity index (χ0n) is 16.5. The average molecular weight is 403 g/mol. The number of anilines is 1. The van der Waals surface area contributed by atoms with Gasteiger partial charge in [0.2, 0.25) is 21.9 Å². The van der Waals surface area contributed by atoms with E-state index in [0.717, 1.165) is 11.1 Å². The molecule has 0 radical (unpaired) electrons. The molecule has 7 nitrogen and oxygen atoms in total. The molecule has 0 atom stereocenters. The fourth-order valence-corrected chi connectivity index (χ4v) is 4.39. The Balaban J connectivity index is 1.73. The van der Waals surface area contributed by atoms with E-state index in [4.69, 9.17) is 4.74 Å². The van der Waals surface area contributed by atoms with Gasteiger partial charge in [-0.2, -0.15) is 9.29 Å². The van der Waals surface area contributed by atoms with Crippen molar-refractivity contribution in [2.45, 2.75) is 31.8 Å². The lowest BCUT2D eigenvalue weighted by atomic mass is 10.2. The van der Waals surface area contributed by atoms with E-state index in [2.05, 4.69) is 16.5 Å². The van der Waals surface area contributed by atoms with E-state index >= 15 is 0 Å². The predicted octanol–water partition coefficient (Wildman–Crippen LogP) is 2.73. The lowest BCUT2D eigenvalue weighted by Gasteiger charge is -2.34. The summed E-state index contributed by atoms with van der Waals surface area (Å²) in [5.41, 5.74) is 1.77. The van der Waals surface area contributed by atoms with Crippen LogP contribution in [-0.2, 0) is 10.0 Å². The minimum atomic E-state index is -3.49. The lowest BCUT2D eigenvalue weighted by Crippen LogP contribution is -2.49. The van der Waals surface area contributed by atoms with E-state index in [0.29, 0.717) is 42.9 Å². The molecule has 0 saturated carbocycles. The molecule has 1 aromatic carbocycles. The van der Waals surface area contributed by atoms with Crippen LogP contribution >= 0.6 is 0 Å². The Morgan fingerprint density at radius 1 is 1.14 bits per heavy atom. The maximum atomic E-state index is 12.8. The molecule has 0 unspecified atom stereocenters. The molecule has 28 heavy (non-hydrogen) atoms. The average Bonchev–Trinajstić information content (AvgIpc) is 2.68. The summed E-state index contributed by atoms with van der Waals surface area (Å²) in [7, 11) is -3.49. The SMILES string of the molecule is C=Cc1cnc(N2CCN(S(=O)(=O)c3ccc(C)cc3)CC2)nc1OC(C)C. The van der Waals surface area contributed by atoms with Gasteiger partial charge in [-0.15, -0.1) is 0 Å². The summed E-state index contributed by atoms with van der Waals surface area (Å²) < 4.78 is 33.0. The molecule has 1 fully saturated rings. The summed E-state index contributed by atoms with van der Waals surface area (Å²) in [6.07, 6.45) is 3.33. The first-order valence-electron chi connectivity index (χ1n) is 9.29. The van der Waals surface area contributed by atoms with Gasteiger partial charge in [-0.1, -0.05) is 30.4 Å². The predicted molar refractivity (Wildman–Crippen MR) is 110 cm³/mol. The monoisotopic (exact) mass is 402 g/mol. The third-order valence-electron chi connectivity index (χ3n) is 4.52. The molecule has 0 bridgehead atoms. The van der Waals surface area contributed by atoms with Crippen LogP contribution in [0.2, 0.25) is 0 Å². The molecule has 2 aromatic rings. The number of piperazine rings is 1. The van der Waals surface area contributed by atoms with Gasteiger partial charge in [0.1, 0.15) is 0 Å². The second kappa shape index (κ2) is 8.28. The molecule has 0 N–H and O–H groups in total. The normalized spacial score (nSPS) is 15.6. The molecule has 1 saturated heterocycles. The van der Waals surface area contributed by atoms with Crippen molar-refractivity contribution in [2.75, 3.05) is 31.1 Å². The fraction of sp³-hybridized carbons (Fsp3) is 0.400. The van der Waals surface area contributed by atoms with E-state index in [1.165, 1.54) is 4.31 Å². The van der Waals surface area contributed by atoms with Gasteiger partial charge in [-0.25, -0.2) is 13.4 Å². The molecule has 1 aromatic heterocycles. The molecule has 1 aliphatic heterocycles. The number of rotatable bonds is 6. The Kier molecular flexibility index (Phi) is 6.00. The van der Waals surface area contributed by atoms with Crippen molar-refractivity contribution in [3.05, 3.63) is 48.2 Å². The van der Waals surface area contributed by atoms with Crippen LogP contribution < -0.4 is 9.64 Å². The van der Waals surface area contributed by atoms with Crippen LogP contribution in [0.1, 0.15) is 25.0 Å². The van der Waals surface area contributed by atoms with Crippen LogP contribution in [0.4, 0.5) is 5.95 Å². The summed E-state index contributed by atoms with van der Waals surface area (Å²) in [6.45, 7) is 11.4.